The van der Waals surface area contributed by atoms with Crippen LogP contribution in [0.5, 0.6) is 0 Å². The maximum atomic E-state index is 12.5. The lowest BCUT2D eigenvalue weighted by atomic mass is 9.88. The van der Waals surface area contributed by atoms with Crippen molar-refractivity contribution in [2.75, 3.05) is 18.5 Å². The van der Waals surface area contributed by atoms with Gasteiger partial charge in [-0.3, -0.25) is 4.79 Å². The van der Waals surface area contributed by atoms with Gasteiger partial charge in [-0.15, -0.1) is 0 Å². The van der Waals surface area contributed by atoms with Crippen molar-refractivity contribution in [1.82, 2.24) is 10.6 Å². The number of hydrogen-bond donors (Lipinski definition) is 4. The van der Waals surface area contributed by atoms with Crippen LogP contribution in [0.1, 0.15) is 51.4 Å². The molecule has 166 valence electrons. The van der Waals surface area contributed by atoms with Gasteiger partial charge in [-0.05, 0) is 56.4 Å². The van der Waals surface area contributed by atoms with Crippen molar-refractivity contribution in [3.8, 4) is 0 Å². The topological polar surface area (TPSA) is 99.7 Å². The molecule has 7 nitrogen and oxygen atoms in total. The van der Waals surface area contributed by atoms with Crippen molar-refractivity contribution in [2.24, 2.45) is 5.92 Å². The zero-order valence-corrected chi connectivity index (χ0v) is 18.0. The number of ether oxygens (including phenoxy) is 1. The highest BCUT2D eigenvalue weighted by atomic mass is 35.5. The van der Waals surface area contributed by atoms with Crippen LogP contribution in [-0.2, 0) is 9.53 Å². The fraction of sp³-hybridized carbons (Fsp3) is 0.636. The molecule has 2 fully saturated rings. The summed E-state index contributed by atoms with van der Waals surface area (Å²) in [5.41, 5.74) is 0.669. The number of aliphatic hydroxyl groups is 1. The van der Waals surface area contributed by atoms with E-state index in [1.807, 2.05) is 0 Å². The second kappa shape index (κ2) is 11.5. The van der Waals surface area contributed by atoms with Gasteiger partial charge in [0, 0.05) is 23.2 Å². The summed E-state index contributed by atoms with van der Waals surface area (Å²) in [7, 11) is 0. The van der Waals surface area contributed by atoms with Crippen molar-refractivity contribution in [2.45, 2.75) is 69.6 Å². The summed E-state index contributed by atoms with van der Waals surface area (Å²) >= 11 is 5.84. The minimum atomic E-state index is -0.404. The van der Waals surface area contributed by atoms with Crippen LogP contribution in [0.25, 0.3) is 0 Å². The Hall–Kier alpha value is -1.83. The van der Waals surface area contributed by atoms with Crippen LogP contribution < -0.4 is 16.0 Å². The summed E-state index contributed by atoms with van der Waals surface area (Å²) in [6.07, 6.45) is 7.09. The van der Waals surface area contributed by atoms with Gasteiger partial charge in [0.25, 0.3) is 0 Å². The molecule has 3 rings (SSSR count). The second-order valence-corrected chi connectivity index (χ2v) is 8.62. The van der Waals surface area contributed by atoms with E-state index < -0.39 is 6.10 Å². The average molecular weight is 438 g/mol. The van der Waals surface area contributed by atoms with E-state index in [9.17, 15) is 14.7 Å². The molecule has 1 saturated heterocycles. The first-order valence-corrected chi connectivity index (χ1v) is 11.3. The molecule has 1 aromatic carbocycles. The average Bonchev–Trinajstić information content (AvgIpc) is 2.77. The molecule has 4 N–H and O–H groups in total. The summed E-state index contributed by atoms with van der Waals surface area (Å²) in [6, 6.07) is 6.46. The molecular weight excluding hydrogens is 406 g/mol. The number of amides is 3. The van der Waals surface area contributed by atoms with Crippen molar-refractivity contribution in [1.29, 1.82) is 0 Å². The van der Waals surface area contributed by atoms with E-state index in [1.165, 1.54) is 6.42 Å². The van der Waals surface area contributed by atoms with E-state index in [2.05, 4.69) is 16.0 Å². The first-order chi connectivity index (χ1) is 14.5. The largest absolute Gasteiger partial charge is 0.394 e. The van der Waals surface area contributed by atoms with Crippen LogP contribution in [0, 0.1) is 5.92 Å². The number of hydrogen-bond acceptors (Lipinski definition) is 4. The first-order valence-electron chi connectivity index (χ1n) is 10.9. The Morgan fingerprint density at radius 1 is 1.07 bits per heavy atom. The molecule has 1 aromatic rings. The number of carbonyl (C=O) groups is 2. The number of halogens is 1. The Labute approximate surface area is 182 Å². The van der Waals surface area contributed by atoms with Gasteiger partial charge in [0.05, 0.1) is 18.8 Å². The van der Waals surface area contributed by atoms with E-state index in [1.54, 1.807) is 24.3 Å². The monoisotopic (exact) mass is 437 g/mol. The lowest BCUT2D eigenvalue weighted by Crippen LogP contribution is -2.52. The highest BCUT2D eigenvalue weighted by molar-refractivity contribution is 6.30. The minimum absolute atomic E-state index is 0.0548. The Morgan fingerprint density at radius 2 is 1.80 bits per heavy atom. The quantitative estimate of drug-likeness (QED) is 0.524. The van der Waals surface area contributed by atoms with Crippen LogP contribution in [0.4, 0.5) is 10.5 Å². The van der Waals surface area contributed by atoms with E-state index in [0.717, 1.165) is 38.5 Å². The predicted molar refractivity (Wildman–Crippen MR) is 117 cm³/mol. The Morgan fingerprint density at radius 3 is 2.50 bits per heavy atom. The highest BCUT2D eigenvalue weighted by Gasteiger charge is 2.33. The van der Waals surface area contributed by atoms with Gasteiger partial charge >= 0.3 is 6.03 Å². The fourth-order valence-electron chi connectivity index (χ4n) is 4.23. The summed E-state index contributed by atoms with van der Waals surface area (Å²) in [5.74, 6) is 0.194. The number of anilines is 1. The second-order valence-electron chi connectivity index (χ2n) is 8.18. The Balaban J connectivity index is 1.37. The van der Waals surface area contributed by atoms with E-state index in [0.29, 0.717) is 23.7 Å². The predicted octanol–water partition coefficient (Wildman–Crippen LogP) is 3.46. The summed E-state index contributed by atoms with van der Waals surface area (Å²) in [6.45, 7) is 0.331. The van der Waals surface area contributed by atoms with E-state index in [-0.39, 0.29) is 36.6 Å². The van der Waals surface area contributed by atoms with Gasteiger partial charge < -0.3 is 25.8 Å². The van der Waals surface area contributed by atoms with Crippen molar-refractivity contribution >= 4 is 29.2 Å². The SMILES string of the molecule is O=C(NCC[C@H]1CC[C@H](NC(=O)C2CCCCC2)[C@@H](CO)O1)Nc1ccc(Cl)cc1. The molecule has 8 heteroatoms. The van der Waals surface area contributed by atoms with Gasteiger partial charge in [-0.25, -0.2) is 4.79 Å². The number of carbonyl (C=O) groups excluding carboxylic acids is 2. The zero-order chi connectivity index (χ0) is 21.3. The number of rotatable bonds is 7. The summed E-state index contributed by atoms with van der Waals surface area (Å²) in [5, 5.41) is 19.0. The van der Waals surface area contributed by atoms with Gasteiger partial charge in [0.15, 0.2) is 0 Å². The molecule has 3 atom stereocenters. The number of benzene rings is 1. The smallest absolute Gasteiger partial charge is 0.319 e. The third kappa shape index (κ3) is 6.86. The molecule has 2 aliphatic rings. The van der Waals surface area contributed by atoms with Crippen LogP contribution in [0.15, 0.2) is 24.3 Å². The van der Waals surface area contributed by atoms with Crippen molar-refractivity contribution in [3.63, 3.8) is 0 Å². The maximum Gasteiger partial charge on any atom is 0.319 e. The van der Waals surface area contributed by atoms with Crippen LogP contribution >= 0.6 is 11.6 Å². The molecule has 1 aliphatic heterocycles. The molecule has 0 bridgehead atoms. The number of aliphatic hydroxyl groups excluding tert-OH is 1. The fourth-order valence-corrected chi connectivity index (χ4v) is 4.36. The Bertz CT molecular complexity index is 694. The standard InChI is InChI=1S/C22H32ClN3O4/c23-16-6-8-17(9-7-16)25-22(29)24-13-12-18-10-11-19(20(14-27)30-18)26-21(28)15-4-2-1-3-5-15/h6-9,15,18-20,27H,1-5,10-14H2,(H,26,28)(H2,24,25,29)/t18-,19+,20-/m1/s1. The highest BCUT2D eigenvalue weighted by Crippen LogP contribution is 2.26. The van der Waals surface area contributed by atoms with Gasteiger partial charge in [0.2, 0.25) is 5.91 Å². The minimum Gasteiger partial charge on any atom is -0.394 e. The lowest BCUT2D eigenvalue weighted by Gasteiger charge is -2.37. The van der Waals surface area contributed by atoms with E-state index in [4.69, 9.17) is 16.3 Å². The summed E-state index contributed by atoms with van der Waals surface area (Å²) in [4.78, 5) is 24.5. The zero-order valence-electron chi connectivity index (χ0n) is 17.2. The van der Waals surface area contributed by atoms with Gasteiger partial charge in [-0.1, -0.05) is 30.9 Å². The molecule has 1 aliphatic carbocycles. The molecule has 1 heterocycles. The van der Waals surface area contributed by atoms with Crippen LogP contribution in [0.2, 0.25) is 5.02 Å². The third-order valence-electron chi connectivity index (χ3n) is 5.95. The summed E-state index contributed by atoms with van der Waals surface area (Å²) < 4.78 is 6.00. The first kappa shape index (κ1) is 22.8. The number of urea groups is 1. The lowest BCUT2D eigenvalue weighted by molar-refractivity contribution is -0.132. The molecular formula is C22H32ClN3O4. The van der Waals surface area contributed by atoms with Crippen LogP contribution in [0.3, 0.4) is 0 Å². The normalized spacial score (nSPS) is 24.8. The Kier molecular flexibility index (Phi) is 8.78. The van der Waals surface area contributed by atoms with Gasteiger partial charge in [0.1, 0.15) is 6.10 Å². The molecule has 0 spiro atoms. The van der Waals surface area contributed by atoms with E-state index >= 15 is 0 Å². The molecule has 0 aromatic heterocycles. The van der Waals surface area contributed by atoms with Crippen molar-refractivity contribution < 1.29 is 19.4 Å². The molecule has 30 heavy (non-hydrogen) atoms. The molecule has 0 radical (unpaired) electrons. The maximum absolute atomic E-state index is 12.5. The molecule has 1 saturated carbocycles. The van der Waals surface area contributed by atoms with Gasteiger partial charge in [-0.2, -0.15) is 0 Å². The number of nitrogens with one attached hydrogen (secondary N) is 3. The molecule has 0 unspecified atom stereocenters. The van der Waals surface area contributed by atoms with Crippen molar-refractivity contribution in [3.05, 3.63) is 29.3 Å². The third-order valence-corrected chi connectivity index (χ3v) is 6.21. The molecule has 3 amide bonds. The van der Waals surface area contributed by atoms with Crippen LogP contribution in [-0.4, -0.2) is 48.4 Å².